The van der Waals surface area contributed by atoms with E-state index in [0.717, 1.165) is 0 Å². The van der Waals surface area contributed by atoms with Crippen molar-refractivity contribution in [3.8, 4) is 0 Å². The van der Waals surface area contributed by atoms with E-state index in [1.165, 1.54) is 0 Å². The highest BCUT2D eigenvalue weighted by molar-refractivity contribution is 5.80. The lowest BCUT2D eigenvalue weighted by molar-refractivity contribution is -0.274. The number of hydrogen-bond acceptors (Lipinski definition) is 2. The number of carbonyl (C=O) groups excluding carboxylic acids is 1. The van der Waals surface area contributed by atoms with Crippen LogP contribution in [0.5, 0.6) is 0 Å². The maximum absolute atomic E-state index is 12.3. The van der Waals surface area contributed by atoms with Crippen molar-refractivity contribution in [1.82, 2.24) is 5.32 Å². The van der Waals surface area contributed by atoms with Gasteiger partial charge in [-0.2, -0.15) is 26.3 Å². The fourth-order valence-electron chi connectivity index (χ4n) is 1.77. The summed E-state index contributed by atoms with van der Waals surface area (Å²) in [6.45, 7) is 1.21. The van der Waals surface area contributed by atoms with Gasteiger partial charge in [0.2, 0.25) is 11.8 Å². The van der Waals surface area contributed by atoms with Gasteiger partial charge in [0, 0.05) is 13.2 Å². The quantitative estimate of drug-likeness (QED) is 0.710. The third kappa shape index (κ3) is 6.44. The van der Waals surface area contributed by atoms with Crippen molar-refractivity contribution in [1.29, 1.82) is 0 Å². The molecule has 1 amide bonds. The summed E-state index contributed by atoms with van der Waals surface area (Å²) >= 11 is 0. The highest BCUT2D eigenvalue weighted by Crippen LogP contribution is 2.39. The van der Waals surface area contributed by atoms with Crippen LogP contribution in [-0.2, 0) is 4.79 Å². The van der Waals surface area contributed by atoms with E-state index >= 15 is 0 Å². The van der Waals surface area contributed by atoms with Crippen LogP contribution < -0.4 is 5.32 Å². The molecule has 1 unspecified atom stereocenters. The summed E-state index contributed by atoms with van der Waals surface area (Å²) in [5, 5.41) is 10.4. The van der Waals surface area contributed by atoms with E-state index in [1.807, 2.05) is 0 Å². The van der Waals surface area contributed by atoms with Crippen molar-refractivity contribution in [3.63, 3.8) is 0 Å². The monoisotopic (exact) mass is 309 g/mol. The predicted molar refractivity (Wildman–Crippen MR) is 58.7 cm³/mol. The van der Waals surface area contributed by atoms with Crippen molar-refractivity contribution in [2.75, 3.05) is 13.2 Å². The summed E-state index contributed by atoms with van der Waals surface area (Å²) in [6.07, 6.45) is -10.0. The Bertz CT molecular complexity index is 282. The molecule has 9 heteroatoms. The van der Waals surface area contributed by atoms with E-state index in [1.54, 1.807) is 12.2 Å². The van der Waals surface area contributed by atoms with Gasteiger partial charge >= 0.3 is 12.4 Å². The molecule has 0 aliphatic heterocycles. The number of amides is 1. The third-order valence-corrected chi connectivity index (χ3v) is 2.72. The van der Waals surface area contributed by atoms with Crippen LogP contribution in [0.15, 0.2) is 0 Å². The maximum Gasteiger partial charge on any atom is 0.409 e. The molecule has 3 nitrogen and oxygen atoms in total. The van der Waals surface area contributed by atoms with Crippen molar-refractivity contribution >= 4 is 5.91 Å². The highest BCUT2D eigenvalue weighted by Gasteiger charge is 2.61. The van der Waals surface area contributed by atoms with E-state index < -0.39 is 24.2 Å². The van der Waals surface area contributed by atoms with Crippen molar-refractivity contribution in [2.24, 2.45) is 11.8 Å². The van der Waals surface area contributed by atoms with Crippen LogP contribution in [0.4, 0.5) is 26.3 Å². The molecule has 0 spiro atoms. The lowest BCUT2D eigenvalue weighted by atomic mass is 9.99. The number of aliphatic hydroxyl groups excluding tert-OH is 1. The highest BCUT2D eigenvalue weighted by atomic mass is 19.4. The number of hydrogen-bond donors (Lipinski definition) is 2. The van der Waals surface area contributed by atoms with Gasteiger partial charge in [-0.05, 0) is 18.8 Å². The predicted octanol–water partition coefficient (Wildman–Crippen LogP) is 2.64. The molecule has 0 radical (unpaired) electrons. The standard InChI is InChI=1S/C11H17F6NO2/c1-2-3-7(4-5-19)6-18-9(20)8(10(12,13)14)11(15,16)17/h7-8,19H,2-6H2,1H3,(H,18,20). The Labute approximate surface area is 112 Å². The number of aliphatic hydroxyl groups is 1. The zero-order valence-corrected chi connectivity index (χ0v) is 10.8. The fourth-order valence-corrected chi connectivity index (χ4v) is 1.77. The fraction of sp³-hybridized carbons (Fsp3) is 0.909. The SMILES string of the molecule is CCCC(CCO)CNC(=O)C(C(F)(F)F)C(F)(F)F. The molecular formula is C11H17F6NO2. The first-order chi connectivity index (χ1) is 9.04. The Hall–Kier alpha value is -0.990. The summed E-state index contributed by atoms with van der Waals surface area (Å²) in [7, 11) is 0. The van der Waals surface area contributed by atoms with Gasteiger partial charge in [-0.1, -0.05) is 13.3 Å². The number of carbonyl (C=O) groups is 1. The van der Waals surface area contributed by atoms with E-state index in [4.69, 9.17) is 5.11 Å². The van der Waals surface area contributed by atoms with Gasteiger partial charge in [0.05, 0.1) is 0 Å². The average Bonchev–Trinajstić information content (AvgIpc) is 2.22. The van der Waals surface area contributed by atoms with E-state index in [0.29, 0.717) is 12.8 Å². The average molecular weight is 309 g/mol. The zero-order valence-electron chi connectivity index (χ0n) is 10.8. The second-order valence-electron chi connectivity index (χ2n) is 4.43. The smallest absolute Gasteiger partial charge is 0.396 e. The van der Waals surface area contributed by atoms with Crippen LogP contribution in [0.3, 0.4) is 0 Å². The molecule has 0 heterocycles. The Morgan fingerprint density at radius 3 is 1.95 bits per heavy atom. The molecule has 120 valence electrons. The van der Waals surface area contributed by atoms with E-state index in [2.05, 4.69) is 0 Å². The summed E-state index contributed by atoms with van der Waals surface area (Å²) in [5.41, 5.74) is 0. The minimum atomic E-state index is -5.68. The number of nitrogens with one attached hydrogen (secondary N) is 1. The lowest BCUT2D eigenvalue weighted by Crippen LogP contribution is -2.48. The van der Waals surface area contributed by atoms with Crippen LogP contribution in [0.1, 0.15) is 26.2 Å². The van der Waals surface area contributed by atoms with Crippen LogP contribution in [-0.4, -0.2) is 36.5 Å². The molecule has 2 N–H and O–H groups in total. The second kappa shape index (κ2) is 7.70. The number of rotatable bonds is 7. The molecule has 1 atom stereocenters. The Kier molecular flexibility index (Phi) is 7.32. The first-order valence-corrected chi connectivity index (χ1v) is 6.06. The molecule has 0 saturated heterocycles. The molecule has 0 aromatic rings. The zero-order chi connectivity index (χ0) is 16.0. The number of alkyl halides is 6. The minimum absolute atomic E-state index is 0.205. The van der Waals surface area contributed by atoms with Gasteiger partial charge < -0.3 is 10.4 Å². The minimum Gasteiger partial charge on any atom is -0.396 e. The van der Waals surface area contributed by atoms with Crippen molar-refractivity contribution < 1.29 is 36.2 Å². The van der Waals surface area contributed by atoms with Gasteiger partial charge in [0.15, 0.2) is 0 Å². The van der Waals surface area contributed by atoms with Crippen molar-refractivity contribution in [2.45, 2.75) is 38.5 Å². The maximum atomic E-state index is 12.3. The largest absolute Gasteiger partial charge is 0.409 e. The van der Waals surface area contributed by atoms with Crippen LogP contribution in [0, 0.1) is 11.8 Å². The molecule has 0 rings (SSSR count). The molecule has 0 saturated carbocycles. The molecule has 20 heavy (non-hydrogen) atoms. The first-order valence-electron chi connectivity index (χ1n) is 6.06. The molecule has 0 aliphatic rings. The van der Waals surface area contributed by atoms with Crippen LogP contribution in [0.2, 0.25) is 0 Å². The Morgan fingerprint density at radius 2 is 1.60 bits per heavy atom. The van der Waals surface area contributed by atoms with Gasteiger partial charge in [0.1, 0.15) is 0 Å². The molecule has 0 fully saturated rings. The van der Waals surface area contributed by atoms with Gasteiger partial charge in [-0.3, -0.25) is 4.79 Å². The topological polar surface area (TPSA) is 49.3 Å². The summed E-state index contributed by atoms with van der Waals surface area (Å²) in [5.74, 6) is -6.48. The Balaban J connectivity index is 4.70. The van der Waals surface area contributed by atoms with E-state index in [9.17, 15) is 31.1 Å². The molecule has 0 bridgehead atoms. The first kappa shape index (κ1) is 19.0. The Morgan fingerprint density at radius 1 is 1.10 bits per heavy atom. The van der Waals surface area contributed by atoms with Gasteiger partial charge in [-0.15, -0.1) is 0 Å². The number of halogens is 6. The second-order valence-corrected chi connectivity index (χ2v) is 4.43. The van der Waals surface area contributed by atoms with Crippen molar-refractivity contribution in [3.05, 3.63) is 0 Å². The van der Waals surface area contributed by atoms with E-state index in [-0.39, 0.29) is 25.5 Å². The lowest BCUT2D eigenvalue weighted by Gasteiger charge is -2.23. The van der Waals surface area contributed by atoms with Gasteiger partial charge in [0.25, 0.3) is 0 Å². The summed E-state index contributed by atoms with van der Waals surface area (Å²) < 4.78 is 73.6. The summed E-state index contributed by atoms with van der Waals surface area (Å²) in [4.78, 5) is 11.1. The molecule has 0 aromatic heterocycles. The molecular weight excluding hydrogens is 292 g/mol. The normalized spacial score (nSPS) is 14.4. The summed E-state index contributed by atoms with van der Waals surface area (Å²) in [6, 6.07) is 0. The third-order valence-electron chi connectivity index (χ3n) is 2.72. The van der Waals surface area contributed by atoms with Crippen LogP contribution in [0.25, 0.3) is 0 Å². The van der Waals surface area contributed by atoms with Gasteiger partial charge in [-0.25, -0.2) is 0 Å². The molecule has 0 aromatic carbocycles. The van der Waals surface area contributed by atoms with Crippen LogP contribution >= 0.6 is 0 Å². The molecule has 0 aliphatic carbocycles.